The molecule has 0 bridgehead atoms. The van der Waals surface area contributed by atoms with Crippen molar-refractivity contribution in [2.24, 2.45) is 0 Å². The van der Waals surface area contributed by atoms with Crippen LogP contribution in [0.5, 0.6) is 0 Å². The molecule has 3 nitrogen and oxygen atoms in total. The minimum absolute atomic E-state index is 0.111. The predicted molar refractivity (Wildman–Crippen MR) is 74.6 cm³/mol. The number of hydrogen-bond acceptors (Lipinski definition) is 3. The quantitative estimate of drug-likeness (QED) is 0.417. The largest absolute Gasteiger partial charge is 0.453 e. The summed E-state index contributed by atoms with van der Waals surface area (Å²) in [6.45, 7) is 0. The third-order valence-corrected chi connectivity index (χ3v) is 3.70. The summed E-state index contributed by atoms with van der Waals surface area (Å²) in [6.07, 6.45) is 0.553. The number of benzene rings is 1. The van der Waals surface area contributed by atoms with Gasteiger partial charge in [-0.05, 0) is 56.7 Å². The first-order chi connectivity index (χ1) is 8.58. The summed E-state index contributed by atoms with van der Waals surface area (Å²) in [4.78, 5) is 10.6. The Morgan fingerprint density at radius 3 is 2.78 bits per heavy atom. The van der Waals surface area contributed by atoms with Crippen LogP contribution in [0.3, 0.4) is 0 Å². The zero-order chi connectivity index (χ0) is 13.3. The Kier molecular flexibility index (Phi) is 3.82. The topological polar surface area (TPSA) is 54.0 Å². The minimum Gasteiger partial charge on any atom is -0.453 e. The minimum atomic E-state index is -0.642. The maximum atomic E-state index is 13.8. The normalized spacial score (nSPS) is 10.1. The third-order valence-electron chi connectivity index (χ3n) is 2.27. The van der Waals surface area contributed by atoms with E-state index in [2.05, 4.69) is 15.9 Å². The molecule has 1 heterocycles. The number of furan rings is 1. The van der Waals surface area contributed by atoms with Crippen molar-refractivity contribution < 1.29 is 13.6 Å². The van der Waals surface area contributed by atoms with Gasteiger partial charge in [-0.3, -0.25) is 4.79 Å². The van der Waals surface area contributed by atoms with Crippen molar-refractivity contribution in [2.45, 2.75) is 0 Å². The molecule has 0 radical (unpaired) electrons. The molecule has 0 spiro atoms. The first kappa shape index (κ1) is 13.2. The number of carbonyl (C=O) groups excluding carboxylic acids is 1. The molecule has 90 valence electrons. The molecule has 0 aliphatic rings. The van der Waals surface area contributed by atoms with Crippen molar-refractivity contribution in [3.63, 3.8) is 0 Å². The number of rotatable bonds is 2. The molecule has 0 N–H and O–H groups in total. The molecule has 0 atom stereocenters. The molecule has 0 amide bonds. The van der Waals surface area contributed by atoms with E-state index in [1.54, 1.807) is 6.07 Å². The molecule has 0 unspecified atom stereocenters. The molecule has 1 aromatic carbocycles. The lowest BCUT2D eigenvalue weighted by atomic mass is 10.1. The average Bonchev–Trinajstić information content (AvgIpc) is 2.81. The molecule has 0 fully saturated rings. The van der Waals surface area contributed by atoms with E-state index in [1.165, 1.54) is 12.1 Å². The van der Waals surface area contributed by atoms with E-state index in [4.69, 9.17) is 9.68 Å². The smallest absolute Gasteiger partial charge is 0.185 e. The zero-order valence-electron chi connectivity index (χ0n) is 8.71. The van der Waals surface area contributed by atoms with Gasteiger partial charge in [0.1, 0.15) is 17.4 Å². The van der Waals surface area contributed by atoms with Crippen molar-refractivity contribution in [3.8, 4) is 17.4 Å². The molecule has 1 aromatic heterocycles. The first-order valence-corrected chi connectivity index (χ1v) is 6.58. The Bertz CT molecular complexity index is 675. The van der Waals surface area contributed by atoms with E-state index >= 15 is 0 Å². The van der Waals surface area contributed by atoms with Crippen LogP contribution in [-0.2, 0) is 0 Å². The molecule has 18 heavy (non-hydrogen) atoms. The van der Waals surface area contributed by atoms with Gasteiger partial charge in [-0.15, -0.1) is 0 Å². The number of nitriles is 1. The highest BCUT2D eigenvalue weighted by atomic mass is 127. The van der Waals surface area contributed by atoms with Crippen molar-refractivity contribution in [1.82, 2.24) is 0 Å². The van der Waals surface area contributed by atoms with Gasteiger partial charge in [0.15, 0.2) is 17.9 Å². The molecule has 2 aromatic rings. The third kappa shape index (κ3) is 2.20. The molecule has 6 heteroatoms. The summed E-state index contributed by atoms with van der Waals surface area (Å²) in [5.74, 6) is -0.213. The first-order valence-electron chi connectivity index (χ1n) is 4.71. The van der Waals surface area contributed by atoms with E-state index in [-0.39, 0.29) is 15.8 Å². The van der Waals surface area contributed by atoms with Gasteiger partial charge in [-0.25, -0.2) is 4.39 Å². The predicted octanol–water partition coefficient (Wildman–Crippen LogP) is 4.14. The van der Waals surface area contributed by atoms with Crippen LogP contribution in [0.1, 0.15) is 16.1 Å². The maximum absolute atomic E-state index is 13.8. The fourth-order valence-corrected chi connectivity index (χ4v) is 3.19. The molecule has 0 aliphatic heterocycles. The lowest BCUT2D eigenvalue weighted by Crippen LogP contribution is -1.94. The summed E-state index contributed by atoms with van der Waals surface area (Å²) in [5.41, 5.74) is 0.243. The SMILES string of the molecule is N#Cc1c(F)c(Br)cc(I)c1-c1ccc(C=O)o1. The Balaban J connectivity index is 2.74. The summed E-state index contributed by atoms with van der Waals surface area (Å²) < 4.78 is 19.9. The van der Waals surface area contributed by atoms with Gasteiger partial charge >= 0.3 is 0 Å². The van der Waals surface area contributed by atoms with Crippen molar-refractivity contribution in [3.05, 3.63) is 43.4 Å². The van der Waals surface area contributed by atoms with E-state index in [0.717, 1.165) is 0 Å². The second kappa shape index (κ2) is 5.20. The van der Waals surface area contributed by atoms with Gasteiger partial charge in [-0.2, -0.15) is 5.26 Å². The maximum Gasteiger partial charge on any atom is 0.185 e. The molecule has 0 saturated carbocycles. The fraction of sp³-hybridized carbons (Fsp3) is 0. The molecule has 2 rings (SSSR count). The van der Waals surface area contributed by atoms with Crippen LogP contribution >= 0.6 is 38.5 Å². The average molecular weight is 420 g/mol. The number of aldehydes is 1. The monoisotopic (exact) mass is 419 g/mol. The standard InChI is InChI=1S/C12H4BrFINO2/c13-8-3-9(15)11(7(4-16)12(8)14)10-2-1-6(5-17)18-10/h1-3,5H. The van der Waals surface area contributed by atoms with Gasteiger partial charge in [0.05, 0.1) is 10.0 Å². The Hall–Kier alpha value is -1.20. The van der Waals surface area contributed by atoms with Crippen LogP contribution in [0.25, 0.3) is 11.3 Å². The van der Waals surface area contributed by atoms with E-state index in [9.17, 15) is 9.18 Å². The number of halogens is 3. The van der Waals surface area contributed by atoms with Gasteiger partial charge in [0, 0.05) is 3.57 Å². The van der Waals surface area contributed by atoms with Crippen molar-refractivity contribution in [2.75, 3.05) is 0 Å². The van der Waals surface area contributed by atoms with E-state index < -0.39 is 5.82 Å². The van der Waals surface area contributed by atoms with Crippen molar-refractivity contribution >= 4 is 44.8 Å². The van der Waals surface area contributed by atoms with Crippen LogP contribution in [0.15, 0.2) is 27.1 Å². The molecular formula is C12H4BrFINO2. The van der Waals surface area contributed by atoms with Crippen LogP contribution in [0.4, 0.5) is 4.39 Å². The second-order valence-electron chi connectivity index (χ2n) is 3.34. The van der Waals surface area contributed by atoms with Crippen LogP contribution in [0.2, 0.25) is 0 Å². The molecule has 0 aliphatic carbocycles. The van der Waals surface area contributed by atoms with E-state index in [1.807, 2.05) is 28.7 Å². The number of hydrogen-bond donors (Lipinski definition) is 0. The number of carbonyl (C=O) groups is 1. The Labute approximate surface area is 124 Å². The highest BCUT2D eigenvalue weighted by Crippen LogP contribution is 2.34. The summed E-state index contributed by atoms with van der Waals surface area (Å²) in [7, 11) is 0. The highest BCUT2D eigenvalue weighted by molar-refractivity contribution is 14.1. The van der Waals surface area contributed by atoms with Gasteiger partial charge < -0.3 is 4.42 Å². The summed E-state index contributed by atoms with van der Waals surface area (Å²) >= 11 is 5.03. The van der Waals surface area contributed by atoms with Gasteiger partial charge in [0.25, 0.3) is 0 Å². The van der Waals surface area contributed by atoms with E-state index in [0.29, 0.717) is 21.2 Å². The van der Waals surface area contributed by atoms with Gasteiger partial charge in [0.2, 0.25) is 0 Å². The fourth-order valence-electron chi connectivity index (χ4n) is 1.49. The molecule has 0 saturated heterocycles. The summed E-state index contributed by atoms with van der Waals surface area (Å²) in [6, 6.07) is 6.37. The summed E-state index contributed by atoms with van der Waals surface area (Å²) in [5, 5.41) is 9.05. The second-order valence-corrected chi connectivity index (χ2v) is 5.35. The number of nitrogens with zero attached hydrogens (tertiary/aromatic N) is 1. The van der Waals surface area contributed by atoms with Gasteiger partial charge in [-0.1, -0.05) is 0 Å². The van der Waals surface area contributed by atoms with Crippen molar-refractivity contribution in [1.29, 1.82) is 5.26 Å². The lowest BCUT2D eigenvalue weighted by Gasteiger charge is -2.06. The zero-order valence-corrected chi connectivity index (χ0v) is 12.5. The van der Waals surface area contributed by atoms with Crippen LogP contribution in [0, 0.1) is 20.7 Å². The Morgan fingerprint density at radius 2 is 2.22 bits per heavy atom. The van der Waals surface area contributed by atoms with Crippen LogP contribution < -0.4 is 0 Å². The highest BCUT2D eigenvalue weighted by Gasteiger charge is 2.19. The molecular weight excluding hydrogens is 416 g/mol. The van der Waals surface area contributed by atoms with Crippen LogP contribution in [-0.4, -0.2) is 6.29 Å². The Morgan fingerprint density at radius 1 is 1.50 bits per heavy atom. The lowest BCUT2D eigenvalue weighted by molar-refractivity contribution is 0.110.